The van der Waals surface area contributed by atoms with Crippen molar-refractivity contribution in [2.75, 3.05) is 26.1 Å². The summed E-state index contributed by atoms with van der Waals surface area (Å²) in [5, 5.41) is 24.7. The number of hydrogen-bond donors (Lipinski definition) is 3. The minimum absolute atomic E-state index is 0.145. The van der Waals surface area contributed by atoms with Gasteiger partial charge in [0.15, 0.2) is 23.2 Å². The fraction of sp³-hybridized carbons (Fsp3) is 0.415. The van der Waals surface area contributed by atoms with E-state index in [1.54, 1.807) is 49.4 Å². The van der Waals surface area contributed by atoms with Gasteiger partial charge in [0.25, 0.3) is 14.4 Å². The average Bonchev–Trinajstić information content (AvgIpc) is 4.08. The Morgan fingerprint density at radius 2 is 1.41 bits per heavy atom. The van der Waals surface area contributed by atoms with Gasteiger partial charge in [0, 0.05) is 17.6 Å². The number of nitriles is 1. The Morgan fingerprint density at radius 3 is 1.95 bits per heavy atom. The van der Waals surface area contributed by atoms with E-state index in [1.165, 1.54) is 6.33 Å². The second-order valence-electron chi connectivity index (χ2n) is 19.8. The van der Waals surface area contributed by atoms with Gasteiger partial charge in [-0.05, 0) is 98.9 Å². The second kappa shape index (κ2) is 24.0. The number of nitrogens with zero attached hydrogens (tertiary/aromatic N) is 6. The van der Waals surface area contributed by atoms with Crippen molar-refractivity contribution in [2.45, 2.75) is 121 Å². The monoisotopic (exact) mass is 1050 g/mol. The first-order valence-corrected chi connectivity index (χ1v) is 29.5. The number of rotatable bonds is 18. The normalized spacial score (nSPS) is 19.8. The average molecular weight is 1050 g/mol. The SMILES string of the molecule is CC(C)N(C(C)C)P(OCCC#N)O[Si](C)(C)C(C)(C)C.COc1ccc(C(c2ccccc2)(c2ccc(OC)cc2)C(O)[C@H]2O[C@@H](n3cnc4c(NC(=O)c5ccccc5)ncnc43)[C@@H]3OP(N)O[C@@H]32)cc1. The van der Waals surface area contributed by atoms with Gasteiger partial charge in [0.2, 0.25) is 16.8 Å². The van der Waals surface area contributed by atoms with Crippen LogP contribution in [0.15, 0.2) is 122 Å². The molecule has 0 spiro atoms. The number of carbonyl (C=O) groups excluding carboxylic acids is 1. The summed E-state index contributed by atoms with van der Waals surface area (Å²) in [6.45, 7) is 20.3. The van der Waals surface area contributed by atoms with Crippen LogP contribution in [0.5, 0.6) is 11.5 Å². The van der Waals surface area contributed by atoms with Crippen molar-refractivity contribution < 1.29 is 41.9 Å². The van der Waals surface area contributed by atoms with E-state index < -0.39 is 61.4 Å². The topological polar surface area (TPSA) is 211 Å². The molecule has 2 saturated heterocycles. The highest BCUT2D eigenvalue weighted by atomic mass is 31.2. The minimum atomic E-state index is -1.90. The Kier molecular flexibility index (Phi) is 18.2. The van der Waals surface area contributed by atoms with Crippen molar-refractivity contribution in [3.05, 3.63) is 144 Å². The predicted molar refractivity (Wildman–Crippen MR) is 286 cm³/mol. The number of benzene rings is 4. The van der Waals surface area contributed by atoms with E-state index >= 15 is 0 Å². The summed E-state index contributed by atoms with van der Waals surface area (Å²) in [7, 11) is -1.61. The molecule has 388 valence electrons. The number of methoxy groups -OCH3 is 2. The quantitative estimate of drug-likeness (QED) is 0.0316. The lowest BCUT2D eigenvalue weighted by Crippen LogP contribution is -2.52. The fourth-order valence-electron chi connectivity index (χ4n) is 8.82. The maximum atomic E-state index is 13.0. The molecule has 2 fully saturated rings. The van der Waals surface area contributed by atoms with E-state index in [9.17, 15) is 9.90 Å². The zero-order chi connectivity index (χ0) is 52.7. The van der Waals surface area contributed by atoms with Crippen molar-refractivity contribution in [3.8, 4) is 17.6 Å². The summed E-state index contributed by atoms with van der Waals surface area (Å²) in [4.78, 5) is 26.4. The number of nitrogens with one attached hydrogen (secondary N) is 1. The van der Waals surface area contributed by atoms with Crippen LogP contribution in [0.2, 0.25) is 18.1 Å². The number of hydrogen-bond acceptors (Lipinski definition) is 15. The fourth-order valence-corrected chi connectivity index (χ4v) is 14.2. The van der Waals surface area contributed by atoms with Crippen LogP contribution in [-0.4, -0.2) is 101 Å². The largest absolute Gasteiger partial charge is 0.497 e. The molecule has 4 heterocycles. The number of amides is 1. The number of imidazole rings is 1. The Hall–Kier alpha value is -5.25. The number of anilines is 1. The molecule has 1 amide bonds. The van der Waals surface area contributed by atoms with Gasteiger partial charge < -0.3 is 42.4 Å². The van der Waals surface area contributed by atoms with Crippen molar-refractivity contribution in [3.63, 3.8) is 0 Å². The summed E-state index contributed by atoms with van der Waals surface area (Å²) in [6, 6.07) is 36.6. The number of aliphatic hydroxyl groups excluding tert-OH is 1. The van der Waals surface area contributed by atoms with Gasteiger partial charge in [-0.15, -0.1) is 0 Å². The van der Waals surface area contributed by atoms with Crippen molar-refractivity contribution in [2.24, 2.45) is 5.50 Å². The van der Waals surface area contributed by atoms with Gasteiger partial charge in [-0.2, -0.15) is 5.26 Å². The molecule has 0 saturated carbocycles. The first-order valence-electron chi connectivity index (χ1n) is 24.2. The lowest BCUT2D eigenvalue weighted by molar-refractivity contribution is -0.0980. The van der Waals surface area contributed by atoms with Crippen LogP contribution in [0.25, 0.3) is 11.2 Å². The minimum Gasteiger partial charge on any atom is -0.497 e. The Labute approximate surface area is 432 Å². The van der Waals surface area contributed by atoms with Crippen LogP contribution in [-0.2, 0) is 27.9 Å². The smallest absolute Gasteiger partial charge is 0.256 e. The molecule has 3 unspecified atom stereocenters. The molecule has 0 aliphatic carbocycles. The van der Waals surface area contributed by atoms with Crippen molar-refractivity contribution >= 4 is 48.3 Å². The zero-order valence-corrected chi connectivity index (χ0v) is 46.2. The summed E-state index contributed by atoms with van der Waals surface area (Å²) < 4.78 is 46.7. The van der Waals surface area contributed by atoms with Crippen LogP contribution < -0.4 is 20.3 Å². The van der Waals surface area contributed by atoms with E-state index in [4.69, 9.17) is 42.8 Å². The van der Waals surface area contributed by atoms with E-state index in [0.29, 0.717) is 53.3 Å². The maximum Gasteiger partial charge on any atom is 0.256 e. The highest BCUT2D eigenvalue weighted by Gasteiger charge is 2.60. The molecular weight excluding hydrogens is 983 g/mol. The molecule has 17 nitrogen and oxygen atoms in total. The molecule has 6 aromatic rings. The Bertz CT molecular complexity index is 2730. The lowest BCUT2D eigenvalue weighted by atomic mass is 9.64. The molecule has 4 N–H and O–H groups in total. The second-order valence-corrected chi connectivity index (χ2v) is 27.2. The summed E-state index contributed by atoms with van der Waals surface area (Å²) in [6.07, 6.45) is -1.29. The molecule has 8 rings (SSSR count). The van der Waals surface area contributed by atoms with Gasteiger partial charge >= 0.3 is 0 Å². The van der Waals surface area contributed by atoms with Crippen LogP contribution in [0.3, 0.4) is 0 Å². The number of aromatic nitrogens is 4. The molecule has 2 aromatic heterocycles. The molecule has 4 aromatic carbocycles. The molecule has 2 aliphatic rings. The standard InChI is InChI=1S/C38H35N6O7P.C15H33N2O2PSi/c1-47-27-17-13-25(14-18-27)38(24-11-7-4-8-12-24,26-15-19-28(48-2)20-16-26)33(45)31-30-32(51-52(39)50-30)37(49-31)44-22-42-29-34(40-21-41-35(29)44)43-36(46)23-9-5-3-6-10-23;1-13(2)17(14(3)4)20(18-12-10-11-16)19-21(8,9)15(5,6)7/h3-22,30-33,37,45H,39H2,1-2H3,(H,40,41,43,46);13-14H,10,12H2,1-9H3/t30-,31+,32-,33?,37-,52?;/m1./s1. The van der Waals surface area contributed by atoms with Gasteiger partial charge in [-0.25, -0.2) is 19.6 Å². The molecule has 2 aliphatic heterocycles. The number of ether oxygens (including phenoxy) is 3. The third-order valence-corrected chi connectivity index (χ3v) is 22.1. The van der Waals surface area contributed by atoms with E-state index in [-0.39, 0.29) is 16.8 Å². The molecule has 7 atom stereocenters. The number of fused-ring (bicyclic) bond motifs is 2. The van der Waals surface area contributed by atoms with Crippen molar-refractivity contribution in [1.29, 1.82) is 5.26 Å². The van der Waals surface area contributed by atoms with Crippen molar-refractivity contribution in [1.82, 2.24) is 24.2 Å². The number of aliphatic hydroxyl groups is 1. The van der Waals surface area contributed by atoms with Gasteiger partial charge in [-0.1, -0.05) is 93.6 Å². The first kappa shape index (κ1) is 55.5. The lowest BCUT2D eigenvalue weighted by Gasteiger charge is -2.43. The van der Waals surface area contributed by atoms with Gasteiger partial charge in [0.05, 0.1) is 45.1 Å². The third-order valence-electron chi connectivity index (χ3n) is 13.4. The Balaban J connectivity index is 0.000000315. The van der Waals surface area contributed by atoms with Crippen LogP contribution >= 0.6 is 17.1 Å². The molecule has 0 radical (unpaired) electrons. The highest BCUT2D eigenvalue weighted by Crippen LogP contribution is 2.56. The summed E-state index contributed by atoms with van der Waals surface area (Å²) in [5.41, 5.74) is 8.71. The summed E-state index contributed by atoms with van der Waals surface area (Å²) in [5.74, 6) is 1.23. The number of nitrogens with two attached hydrogens (primary N) is 1. The Morgan fingerprint density at radius 1 is 0.863 bits per heavy atom. The van der Waals surface area contributed by atoms with E-state index in [2.05, 4.69) is 92.6 Å². The maximum absolute atomic E-state index is 13.0. The van der Waals surface area contributed by atoms with Gasteiger partial charge in [0.1, 0.15) is 42.2 Å². The molecule has 20 heteroatoms. The highest BCUT2D eigenvalue weighted by molar-refractivity contribution is 7.46. The first-order chi connectivity index (χ1) is 34.9. The third kappa shape index (κ3) is 12.0. The van der Waals surface area contributed by atoms with Crippen LogP contribution in [0, 0.1) is 11.3 Å². The molecule has 0 bridgehead atoms. The predicted octanol–water partition coefficient (Wildman–Crippen LogP) is 10.6. The van der Waals surface area contributed by atoms with Crippen LogP contribution in [0.1, 0.15) is 88.2 Å². The molecular formula is C53H68N8O9P2Si. The summed E-state index contributed by atoms with van der Waals surface area (Å²) >= 11 is 0. The van der Waals surface area contributed by atoms with E-state index in [1.807, 2.05) is 84.9 Å². The zero-order valence-electron chi connectivity index (χ0n) is 43.4. The van der Waals surface area contributed by atoms with Gasteiger partial charge in [-0.3, -0.25) is 14.9 Å². The number of carbonyl (C=O) groups is 1. The molecule has 73 heavy (non-hydrogen) atoms. The van der Waals surface area contributed by atoms with E-state index in [0.717, 1.165) is 16.7 Å². The van der Waals surface area contributed by atoms with Crippen LogP contribution in [0.4, 0.5) is 5.82 Å².